The minimum Gasteiger partial charge on any atom is -0.386 e. The monoisotopic (exact) mass is 376 g/mol. The van der Waals surface area contributed by atoms with Crippen LogP contribution in [0.3, 0.4) is 0 Å². The van der Waals surface area contributed by atoms with E-state index in [1.54, 1.807) is 0 Å². The first kappa shape index (κ1) is 15.7. The van der Waals surface area contributed by atoms with E-state index >= 15 is 0 Å². The highest BCUT2D eigenvalue weighted by Gasteiger charge is 2.37. The summed E-state index contributed by atoms with van der Waals surface area (Å²) in [6, 6.07) is 0. The Kier molecular flexibility index (Phi) is 6.15. The number of hydrogen-bond donors (Lipinski definition) is 1. The second-order valence-electron chi connectivity index (χ2n) is 4.85. The zero-order chi connectivity index (χ0) is 12.9. The molecule has 4 nitrogen and oxygen atoms in total. The molecule has 0 aromatic carbocycles. The van der Waals surface area contributed by atoms with E-state index in [0.29, 0.717) is 19.6 Å². The Hall–Kier alpha value is 0.600. The molecule has 0 amide bonds. The molecule has 0 heterocycles. The lowest BCUT2D eigenvalue weighted by atomic mass is 9.85. The number of rotatable bonds is 6. The fraction of sp³-hybridized carbons (Fsp3) is 1.00. The number of aliphatic hydroxyl groups is 1. The average molecular weight is 376 g/mol. The molecule has 0 saturated heterocycles. The maximum Gasteiger partial charge on any atom is 0.147 e. The highest BCUT2D eigenvalue weighted by atomic mass is 127. The Labute approximate surface area is 117 Å². The highest BCUT2D eigenvalue weighted by molar-refractivity contribution is 14.1. The maximum absolute atomic E-state index is 10.9. The third-order valence-corrected chi connectivity index (χ3v) is 5.87. The van der Waals surface area contributed by atoms with Crippen molar-refractivity contribution in [2.45, 2.75) is 41.6 Å². The van der Waals surface area contributed by atoms with E-state index in [1.807, 2.05) is 0 Å². The maximum atomic E-state index is 10.9. The fourth-order valence-electron chi connectivity index (χ4n) is 2.01. The van der Waals surface area contributed by atoms with Gasteiger partial charge in [0.25, 0.3) is 0 Å². The summed E-state index contributed by atoms with van der Waals surface area (Å²) in [5.74, 6) is 0.152. The van der Waals surface area contributed by atoms with Gasteiger partial charge in [0.2, 0.25) is 0 Å². The van der Waals surface area contributed by atoms with E-state index in [2.05, 4.69) is 22.6 Å². The molecule has 1 aliphatic rings. The van der Waals surface area contributed by atoms with Crippen LogP contribution in [0.5, 0.6) is 0 Å². The van der Waals surface area contributed by atoms with Crippen molar-refractivity contribution < 1.29 is 18.3 Å². The van der Waals surface area contributed by atoms with Crippen molar-refractivity contribution in [1.82, 2.24) is 0 Å². The van der Waals surface area contributed by atoms with E-state index in [-0.39, 0.29) is 9.68 Å². The standard InChI is InChI=1S/C11H21IO4S/c1-17(14,15)8-4-7-16-9-11(13)6-3-2-5-10(11)12/h10,13H,2-9H2,1H3. The van der Waals surface area contributed by atoms with Gasteiger partial charge in [0.05, 0.1) is 18.0 Å². The van der Waals surface area contributed by atoms with Crippen LogP contribution in [0.1, 0.15) is 32.1 Å². The summed E-state index contributed by atoms with van der Waals surface area (Å²) in [6.45, 7) is 0.725. The Morgan fingerprint density at radius 3 is 2.76 bits per heavy atom. The molecule has 102 valence electrons. The normalized spacial score (nSPS) is 30.4. The molecule has 0 aliphatic heterocycles. The van der Waals surface area contributed by atoms with Crippen LogP contribution < -0.4 is 0 Å². The van der Waals surface area contributed by atoms with E-state index in [0.717, 1.165) is 19.3 Å². The van der Waals surface area contributed by atoms with Gasteiger partial charge in [0, 0.05) is 16.8 Å². The molecular weight excluding hydrogens is 355 g/mol. The third-order valence-electron chi connectivity index (χ3n) is 3.06. The van der Waals surface area contributed by atoms with Crippen molar-refractivity contribution in [1.29, 1.82) is 0 Å². The van der Waals surface area contributed by atoms with E-state index in [9.17, 15) is 13.5 Å². The zero-order valence-corrected chi connectivity index (χ0v) is 13.2. The SMILES string of the molecule is CS(=O)(=O)CCCOCC1(O)CCCCC1I. The first-order chi connectivity index (χ1) is 7.83. The number of hydrogen-bond acceptors (Lipinski definition) is 4. The molecule has 1 saturated carbocycles. The summed E-state index contributed by atoms with van der Waals surface area (Å²) in [6.07, 6.45) is 5.76. The van der Waals surface area contributed by atoms with Crippen LogP contribution in [-0.2, 0) is 14.6 Å². The van der Waals surface area contributed by atoms with Gasteiger partial charge in [-0.2, -0.15) is 0 Å². The largest absolute Gasteiger partial charge is 0.386 e. The van der Waals surface area contributed by atoms with Gasteiger partial charge < -0.3 is 9.84 Å². The Morgan fingerprint density at radius 1 is 1.47 bits per heavy atom. The van der Waals surface area contributed by atoms with Gasteiger partial charge in [-0.25, -0.2) is 8.42 Å². The molecule has 0 radical (unpaired) electrons. The molecule has 2 atom stereocenters. The predicted molar refractivity (Wildman–Crippen MR) is 76.4 cm³/mol. The van der Waals surface area contributed by atoms with Gasteiger partial charge in [-0.15, -0.1) is 0 Å². The van der Waals surface area contributed by atoms with Crippen molar-refractivity contribution >= 4 is 32.4 Å². The molecule has 0 bridgehead atoms. The van der Waals surface area contributed by atoms with Gasteiger partial charge in [0.15, 0.2) is 0 Å². The van der Waals surface area contributed by atoms with Gasteiger partial charge in [-0.1, -0.05) is 35.4 Å². The van der Waals surface area contributed by atoms with E-state index in [4.69, 9.17) is 4.74 Å². The second-order valence-corrected chi connectivity index (χ2v) is 8.62. The number of halogens is 1. The molecule has 0 aromatic heterocycles. The van der Waals surface area contributed by atoms with E-state index in [1.165, 1.54) is 12.7 Å². The van der Waals surface area contributed by atoms with Crippen LogP contribution in [0, 0.1) is 0 Å². The molecule has 1 fully saturated rings. The van der Waals surface area contributed by atoms with Gasteiger partial charge in [0.1, 0.15) is 9.84 Å². The molecule has 1 aliphatic carbocycles. The zero-order valence-electron chi connectivity index (χ0n) is 10.2. The molecular formula is C11H21IO4S. The van der Waals surface area contributed by atoms with Gasteiger partial charge >= 0.3 is 0 Å². The summed E-state index contributed by atoms with van der Waals surface area (Å²) in [4.78, 5) is 0. The average Bonchev–Trinajstić information content (AvgIpc) is 2.21. The van der Waals surface area contributed by atoms with Gasteiger partial charge in [-0.3, -0.25) is 0 Å². The van der Waals surface area contributed by atoms with Crippen molar-refractivity contribution in [3.63, 3.8) is 0 Å². The lowest BCUT2D eigenvalue weighted by molar-refractivity contribution is -0.0600. The van der Waals surface area contributed by atoms with Gasteiger partial charge in [-0.05, 0) is 19.3 Å². The molecule has 17 heavy (non-hydrogen) atoms. The van der Waals surface area contributed by atoms with Crippen molar-refractivity contribution in [2.24, 2.45) is 0 Å². The topological polar surface area (TPSA) is 63.6 Å². The molecule has 0 spiro atoms. The minimum atomic E-state index is -2.90. The predicted octanol–water partition coefficient (Wildman–Crippen LogP) is 1.55. The Morgan fingerprint density at radius 2 is 2.18 bits per heavy atom. The van der Waals surface area contributed by atoms with Crippen molar-refractivity contribution in [3.8, 4) is 0 Å². The number of sulfone groups is 1. The molecule has 1 N–H and O–H groups in total. The second kappa shape index (κ2) is 6.68. The minimum absolute atomic E-state index is 0.152. The molecule has 1 rings (SSSR count). The summed E-state index contributed by atoms with van der Waals surface area (Å²) >= 11 is 2.28. The summed E-state index contributed by atoms with van der Waals surface area (Å²) < 4.78 is 27.5. The lowest BCUT2D eigenvalue weighted by Gasteiger charge is -2.36. The summed E-state index contributed by atoms with van der Waals surface area (Å²) in [5, 5.41) is 10.3. The van der Waals surface area contributed by atoms with Crippen LogP contribution in [-0.4, -0.2) is 48.3 Å². The molecule has 6 heteroatoms. The van der Waals surface area contributed by atoms with Crippen LogP contribution in [0.15, 0.2) is 0 Å². The van der Waals surface area contributed by atoms with Crippen LogP contribution in [0.2, 0.25) is 0 Å². The molecule has 0 aromatic rings. The van der Waals surface area contributed by atoms with Crippen LogP contribution in [0.4, 0.5) is 0 Å². The third kappa shape index (κ3) is 5.85. The van der Waals surface area contributed by atoms with E-state index < -0.39 is 15.4 Å². The number of ether oxygens (including phenoxy) is 1. The van der Waals surface area contributed by atoms with Crippen molar-refractivity contribution in [2.75, 3.05) is 25.2 Å². The van der Waals surface area contributed by atoms with Crippen molar-refractivity contribution in [3.05, 3.63) is 0 Å². The Balaban J connectivity index is 2.21. The highest BCUT2D eigenvalue weighted by Crippen LogP contribution is 2.34. The number of alkyl halides is 1. The lowest BCUT2D eigenvalue weighted by Crippen LogP contribution is -2.45. The quantitative estimate of drug-likeness (QED) is 0.434. The summed E-state index contributed by atoms with van der Waals surface area (Å²) in [7, 11) is -2.90. The Bertz CT molecular complexity index is 330. The summed E-state index contributed by atoms with van der Waals surface area (Å²) in [5.41, 5.74) is -0.718. The fourth-order valence-corrected chi connectivity index (χ4v) is 3.59. The van der Waals surface area contributed by atoms with Crippen LogP contribution >= 0.6 is 22.6 Å². The molecule has 2 unspecified atom stereocenters. The first-order valence-corrected chi connectivity index (χ1v) is 9.26. The first-order valence-electron chi connectivity index (χ1n) is 5.95. The van der Waals surface area contributed by atoms with Crippen LogP contribution in [0.25, 0.3) is 0 Å². The smallest absolute Gasteiger partial charge is 0.147 e.